The molecule has 0 atom stereocenters. The molecule has 9 nitrogen and oxygen atoms in total. The van der Waals surface area contributed by atoms with Gasteiger partial charge in [0, 0.05) is 37.1 Å². The Morgan fingerprint density at radius 1 is 1.07 bits per heavy atom. The van der Waals surface area contributed by atoms with Crippen LogP contribution < -0.4 is 5.56 Å². The van der Waals surface area contributed by atoms with Gasteiger partial charge in [-0.3, -0.25) is 9.59 Å². The first-order chi connectivity index (χ1) is 13.4. The molecule has 4 rings (SSSR count). The minimum absolute atomic E-state index is 0.0869. The molecule has 1 amide bonds. The van der Waals surface area contributed by atoms with Gasteiger partial charge in [-0.2, -0.15) is 10.1 Å². The topological polar surface area (TPSA) is 98.3 Å². The molecule has 1 fully saturated rings. The smallest absolute Gasteiger partial charge is 0.293 e. The number of aromatic nitrogens is 6. The van der Waals surface area contributed by atoms with Crippen LogP contribution in [0.1, 0.15) is 40.5 Å². The van der Waals surface area contributed by atoms with Gasteiger partial charge in [0.05, 0.1) is 5.69 Å². The van der Waals surface area contributed by atoms with E-state index in [1.807, 2.05) is 26.8 Å². The Bertz CT molecular complexity index is 1090. The number of piperidine rings is 1. The summed E-state index contributed by atoms with van der Waals surface area (Å²) in [6, 6.07) is 5.18. The lowest BCUT2D eigenvalue weighted by molar-refractivity contribution is 0.0668. The number of fused-ring (bicyclic) bond motifs is 1. The number of aryl methyl sites for hydroxylation is 3. The van der Waals surface area contributed by atoms with Gasteiger partial charge in [0.1, 0.15) is 0 Å². The Balaban J connectivity index is 1.43. The highest BCUT2D eigenvalue weighted by atomic mass is 16.2. The van der Waals surface area contributed by atoms with Gasteiger partial charge >= 0.3 is 0 Å². The second-order valence-electron chi connectivity index (χ2n) is 7.42. The van der Waals surface area contributed by atoms with Crippen molar-refractivity contribution in [1.29, 1.82) is 0 Å². The van der Waals surface area contributed by atoms with Gasteiger partial charge in [0.2, 0.25) is 5.82 Å². The van der Waals surface area contributed by atoms with Crippen molar-refractivity contribution < 1.29 is 4.79 Å². The molecule has 3 aromatic rings. The van der Waals surface area contributed by atoms with Crippen molar-refractivity contribution in [2.45, 2.75) is 40.2 Å². The van der Waals surface area contributed by atoms with Gasteiger partial charge < -0.3 is 4.90 Å². The van der Waals surface area contributed by atoms with E-state index in [0.717, 1.165) is 29.9 Å². The lowest BCUT2D eigenvalue weighted by Crippen LogP contribution is -2.40. The maximum absolute atomic E-state index is 12.8. The summed E-state index contributed by atoms with van der Waals surface area (Å²) in [5.41, 5.74) is 2.47. The van der Waals surface area contributed by atoms with Crippen LogP contribution >= 0.6 is 0 Å². The molecular formula is C19H23N7O2. The number of likely N-dealkylation sites (tertiary alicyclic amines) is 1. The fourth-order valence-corrected chi connectivity index (χ4v) is 3.64. The molecule has 0 bridgehead atoms. The Labute approximate surface area is 162 Å². The van der Waals surface area contributed by atoms with Crippen molar-refractivity contribution >= 4 is 11.7 Å². The molecule has 0 spiro atoms. The fourth-order valence-electron chi connectivity index (χ4n) is 3.64. The average molecular weight is 381 g/mol. The van der Waals surface area contributed by atoms with Gasteiger partial charge in [-0.05, 0) is 51.7 Å². The summed E-state index contributed by atoms with van der Waals surface area (Å²) in [5.74, 6) is 0.764. The van der Waals surface area contributed by atoms with Crippen molar-refractivity contribution in [2.75, 3.05) is 13.1 Å². The predicted octanol–water partition coefficient (Wildman–Crippen LogP) is 1.16. The molecule has 0 N–H and O–H groups in total. The van der Waals surface area contributed by atoms with Crippen LogP contribution in [-0.4, -0.2) is 53.3 Å². The molecule has 0 aromatic carbocycles. The van der Waals surface area contributed by atoms with E-state index in [1.54, 1.807) is 21.5 Å². The Morgan fingerprint density at radius 2 is 1.82 bits per heavy atom. The zero-order valence-corrected chi connectivity index (χ0v) is 16.3. The van der Waals surface area contributed by atoms with Crippen molar-refractivity contribution in [2.24, 2.45) is 5.92 Å². The van der Waals surface area contributed by atoms with Gasteiger partial charge in [0.25, 0.3) is 17.2 Å². The van der Waals surface area contributed by atoms with Crippen LogP contribution in [0.5, 0.6) is 0 Å². The molecule has 3 aromatic heterocycles. The minimum Gasteiger partial charge on any atom is -0.336 e. The van der Waals surface area contributed by atoms with Crippen LogP contribution in [-0.2, 0) is 6.54 Å². The second-order valence-corrected chi connectivity index (χ2v) is 7.42. The number of carbonyl (C=O) groups is 1. The summed E-state index contributed by atoms with van der Waals surface area (Å²) in [7, 11) is 0. The highest BCUT2D eigenvalue weighted by Gasteiger charge is 2.27. The predicted molar refractivity (Wildman–Crippen MR) is 102 cm³/mol. The van der Waals surface area contributed by atoms with Crippen LogP contribution in [0.4, 0.5) is 0 Å². The van der Waals surface area contributed by atoms with Gasteiger partial charge in [-0.1, -0.05) is 0 Å². The van der Waals surface area contributed by atoms with Crippen LogP contribution in [0.3, 0.4) is 0 Å². The first-order valence-corrected chi connectivity index (χ1v) is 9.46. The summed E-state index contributed by atoms with van der Waals surface area (Å²) in [5, 5.41) is 8.64. The number of hydrogen-bond donors (Lipinski definition) is 0. The minimum atomic E-state index is -0.174. The third kappa shape index (κ3) is 3.51. The summed E-state index contributed by atoms with van der Waals surface area (Å²) in [6.45, 7) is 7.49. The van der Waals surface area contributed by atoms with E-state index in [9.17, 15) is 9.59 Å². The van der Waals surface area contributed by atoms with Crippen LogP contribution in [0, 0.1) is 26.7 Å². The molecule has 1 aliphatic heterocycles. The monoisotopic (exact) mass is 381 g/mol. The summed E-state index contributed by atoms with van der Waals surface area (Å²) < 4.78 is 3.13. The van der Waals surface area contributed by atoms with Gasteiger partial charge in [-0.15, -0.1) is 5.10 Å². The fraction of sp³-hybridized carbons (Fsp3) is 0.474. The van der Waals surface area contributed by atoms with E-state index in [1.165, 1.54) is 4.68 Å². The molecule has 28 heavy (non-hydrogen) atoms. The van der Waals surface area contributed by atoms with E-state index in [2.05, 4.69) is 20.2 Å². The number of carbonyl (C=O) groups excluding carboxylic acids is 1. The molecule has 0 unspecified atom stereocenters. The first-order valence-electron chi connectivity index (χ1n) is 9.46. The first kappa shape index (κ1) is 18.3. The Hall–Kier alpha value is -3.10. The van der Waals surface area contributed by atoms with Crippen LogP contribution in [0.15, 0.2) is 23.0 Å². The molecule has 0 aliphatic carbocycles. The standard InChI is InChI=1S/C19H23N7O2/c1-12-4-5-16(27)25(22-12)11-15-6-8-24(9-7-15)18(28)17-21-19-20-13(2)10-14(3)26(19)23-17/h4-5,10,15H,6-9,11H2,1-3H3. The van der Waals surface area contributed by atoms with E-state index < -0.39 is 0 Å². The maximum Gasteiger partial charge on any atom is 0.293 e. The molecule has 0 saturated carbocycles. The zero-order chi connectivity index (χ0) is 19.8. The SMILES string of the molecule is Cc1cc(C)n2nc(C(=O)N3CCC(Cn4nc(C)ccc4=O)CC3)nc2n1. The number of amides is 1. The molecule has 1 saturated heterocycles. The molecule has 146 valence electrons. The summed E-state index contributed by atoms with van der Waals surface area (Å²) in [4.78, 5) is 35.2. The van der Waals surface area contributed by atoms with E-state index >= 15 is 0 Å². The van der Waals surface area contributed by atoms with E-state index in [0.29, 0.717) is 31.3 Å². The lowest BCUT2D eigenvalue weighted by atomic mass is 9.97. The second kappa shape index (κ2) is 7.14. The highest BCUT2D eigenvalue weighted by molar-refractivity contribution is 5.90. The van der Waals surface area contributed by atoms with Crippen molar-refractivity contribution in [3.8, 4) is 0 Å². The Kier molecular flexibility index (Phi) is 4.66. The highest BCUT2D eigenvalue weighted by Crippen LogP contribution is 2.20. The van der Waals surface area contributed by atoms with Crippen molar-refractivity contribution in [3.05, 3.63) is 51.5 Å². The third-order valence-corrected chi connectivity index (χ3v) is 5.14. The Morgan fingerprint density at radius 3 is 2.57 bits per heavy atom. The molecule has 4 heterocycles. The molecule has 0 radical (unpaired) electrons. The molecule has 1 aliphatic rings. The summed E-state index contributed by atoms with van der Waals surface area (Å²) in [6.07, 6.45) is 1.63. The molecule has 9 heteroatoms. The maximum atomic E-state index is 12.8. The average Bonchev–Trinajstić information content (AvgIpc) is 3.09. The van der Waals surface area contributed by atoms with Crippen LogP contribution in [0.2, 0.25) is 0 Å². The van der Waals surface area contributed by atoms with Gasteiger partial charge in [-0.25, -0.2) is 14.2 Å². The molecular weight excluding hydrogens is 358 g/mol. The number of rotatable bonds is 3. The zero-order valence-electron chi connectivity index (χ0n) is 16.3. The largest absolute Gasteiger partial charge is 0.336 e. The number of nitrogens with zero attached hydrogens (tertiary/aromatic N) is 7. The van der Waals surface area contributed by atoms with Gasteiger partial charge in [0.15, 0.2) is 0 Å². The lowest BCUT2D eigenvalue weighted by Gasteiger charge is -2.31. The van der Waals surface area contributed by atoms with E-state index in [4.69, 9.17) is 0 Å². The summed E-state index contributed by atoms with van der Waals surface area (Å²) >= 11 is 0. The quantitative estimate of drug-likeness (QED) is 0.675. The van der Waals surface area contributed by atoms with Crippen molar-refractivity contribution in [3.63, 3.8) is 0 Å². The van der Waals surface area contributed by atoms with Crippen molar-refractivity contribution in [1.82, 2.24) is 34.3 Å². The normalized spacial score (nSPS) is 15.3. The van der Waals surface area contributed by atoms with E-state index in [-0.39, 0.29) is 17.3 Å². The van der Waals surface area contributed by atoms with Crippen LogP contribution in [0.25, 0.3) is 5.78 Å². The number of hydrogen-bond acceptors (Lipinski definition) is 6. The third-order valence-electron chi connectivity index (χ3n) is 5.14.